The molecule has 92 valence electrons. The molecule has 1 atom stereocenters. The van der Waals surface area contributed by atoms with E-state index in [1.807, 2.05) is 0 Å². The molecule has 0 fully saturated rings. The van der Waals surface area contributed by atoms with E-state index in [-0.39, 0.29) is 6.04 Å². The smallest absolute Gasteiger partial charge is 0.195 e. The fraction of sp³-hybridized carbons (Fsp3) is 0.818. The van der Waals surface area contributed by atoms with E-state index in [0.717, 1.165) is 18.7 Å². The molecule has 0 aliphatic carbocycles. The van der Waals surface area contributed by atoms with Gasteiger partial charge in [-0.2, -0.15) is 5.10 Å². The number of hydrogen-bond acceptors (Lipinski definition) is 3. The molecule has 0 amide bonds. The number of nitrogens with zero attached hydrogens (tertiary/aromatic N) is 2. The van der Waals surface area contributed by atoms with Crippen LogP contribution < -0.4 is 0 Å². The lowest BCUT2D eigenvalue weighted by molar-refractivity contribution is 0.130. The molecule has 1 aromatic heterocycles. The summed E-state index contributed by atoms with van der Waals surface area (Å²) >= 11 is 5.29. The van der Waals surface area contributed by atoms with Crippen LogP contribution in [0.15, 0.2) is 0 Å². The Morgan fingerprint density at radius 3 is 2.69 bits per heavy atom. The highest BCUT2D eigenvalue weighted by Crippen LogP contribution is 2.20. The van der Waals surface area contributed by atoms with Gasteiger partial charge in [0.05, 0.1) is 12.6 Å². The second-order valence-corrected chi connectivity index (χ2v) is 4.72. The Hall–Kier alpha value is -0.680. The first kappa shape index (κ1) is 13.4. The molecule has 0 saturated carbocycles. The molecular weight excluding hydrogens is 222 g/mol. The average Bonchev–Trinajstić information content (AvgIpc) is 2.57. The van der Waals surface area contributed by atoms with Crippen molar-refractivity contribution in [2.45, 2.75) is 39.7 Å². The lowest BCUT2D eigenvalue weighted by atomic mass is 10.0. The molecule has 0 radical (unpaired) electrons. The molecule has 5 heteroatoms. The van der Waals surface area contributed by atoms with Crippen LogP contribution in [-0.2, 0) is 11.2 Å². The van der Waals surface area contributed by atoms with E-state index in [1.165, 1.54) is 0 Å². The van der Waals surface area contributed by atoms with Crippen LogP contribution in [0.25, 0.3) is 0 Å². The van der Waals surface area contributed by atoms with Crippen LogP contribution in [0.4, 0.5) is 0 Å². The van der Waals surface area contributed by atoms with Crippen molar-refractivity contribution in [3.63, 3.8) is 0 Å². The summed E-state index contributed by atoms with van der Waals surface area (Å²) in [7, 11) is 1.72. The van der Waals surface area contributed by atoms with Crippen molar-refractivity contribution in [1.82, 2.24) is 14.8 Å². The summed E-state index contributed by atoms with van der Waals surface area (Å²) in [4.78, 5) is 0. The van der Waals surface area contributed by atoms with Gasteiger partial charge >= 0.3 is 0 Å². The number of aromatic nitrogens is 3. The van der Waals surface area contributed by atoms with Crippen LogP contribution in [0.1, 0.15) is 39.1 Å². The highest BCUT2D eigenvalue weighted by molar-refractivity contribution is 7.71. The van der Waals surface area contributed by atoms with Crippen LogP contribution in [0.2, 0.25) is 0 Å². The van der Waals surface area contributed by atoms with E-state index in [0.29, 0.717) is 17.3 Å². The number of nitrogens with one attached hydrogen (secondary N) is 1. The highest BCUT2D eigenvalue weighted by Gasteiger charge is 2.19. The third-order valence-electron chi connectivity index (χ3n) is 2.69. The van der Waals surface area contributed by atoms with Crippen molar-refractivity contribution in [2.24, 2.45) is 5.92 Å². The zero-order valence-electron chi connectivity index (χ0n) is 10.5. The lowest BCUT2D eigenvalue weighted by Crippen LogP contribution is -2.22. The maximum atomic E-state index is 5.29. The fourth-order valence-electron chi connectivity index (χ4n) is 1.82. The zero-order valence-corrected chi connectivity index (χ0v) is 11.3. The first-order chi connectivity index (χ1) is 7.61. The number of methoxy groups -OCH3 is 1. The van der Waals surface area contributed by atoms with E-state index in [4.69, 9.17) is 17.0 Å². The number of aromatic amines is 1. The van der Waals surface area contributed by atoms with Gasteiger partial charge in [-0.3, -0.25) is 9.67 Å². The quantitative estimate of drug-likeness (QED) is 0.781. The van der Waals surface area contributed by atoms with Gasteiger partial charge in [0.15, 0.2) is 4.77 Å². The summed E-state index contributed by atoms with van der Waals surface area (Å²) in [6.45, 7) is 7.16. The third kappa shape index (κ3) is 2.92. The molecule has 0 bridgehead atoms. The lowest BCUT2D eigenvalue weighted by Gasteiger charge is -2.22. The highest BCUT2D eigenvalue weighted by atomic mass is 32.1. The molecule has 1 aromatic rings. The second kappa shape index (κ2) is 6.15. The third-order valence-corrected chi connectivity index (χ3v) is 2.98. The summed E-state index contributed by atoms with van der Waals surface area (Å²) in [5, 5.41) is 7.16. The van der Waals surface area contributed by atoms with E-state index in [2.05, 4.69) is 35.5 Å². The number of aryl methyl sites for hydroxylation is 1. The van der Waals surface area contributed by atoms with E-state index < -0.39 is 0 Å². The summed E-state index contributed by atoms with van der Waals surface area (Å²) in [6.07, 6.45) is 2.01. The monoisotopic (exact) mass is 243 g/mol. The first-order valence-corrected chi connectivity index (χ1v) is 6.17. The van der Waals surface area contributed by atoms with E-state index in [1.54, 1.807) is 7.11 Å². The molecule has 1 unspecified atom stereocenters. The minimum atomic E-state index is 0.262. The van der Waals surface area contributed by atoms with Crippen molar-refractivity contribution in [3.8, 4) is 0 Å². The van der Waals surface area contributed by atoms with Gasteiger partial charge in [0, 0.05) is 13.5 Å². The van der Waals surface area contributed by atoms with Gasteiger partial charge in [-0.15, -0.1) is 0 Å². The second-order valence-electron chi connectivity index (χ2n) is 4.33. The number of H-pyrrole nitrogens is 1. The molecule has 4 nitrogen and oxygen atoms in total. The summed E-state index contributed by atoms with van der Waals surface area (Å²) in [5.41, 5.74) is 0. The van der Waals surface area contributed by atoms with Crippen LogP contribution in [0.3, 0.4) is 0 Å². The minimum absolute atomic E-state index is 0.262. The molecule has 1 N–H and O–H groups in total. The van der Waals surface area contributed by atoms with E-state index in [9.17, 15) is 0 Å². The molecule has 0 aromatic carbocycles. The Bertz CT molecular complexity index is 370. The summed E-state index contributed by atoms with van der Waals surface area (Å²) in [5.74, 6) is 1.50. The first-order valence-electron chi connectivity index (χ1n) is 5.76. The number of rotatable bonds is 6. The van der Waals surface area contributed by atoms with Gasteiger partial charge in [-0.25, -0.2) is 0 Å². The fourth-order valence-corrected chi connectivity index (χ4v) is 2.10. The van der Waals surface area contributed by atoms with Crippen molar-refractivity contribution in [3.05, 3.63) is 10.6 Å². The summed E-state index contributed by atoms with van der Waals surface area (Å²) in [6, 6.07) is 0.262. The Balaban J connectivity index is 3.06. The Morgan fingerprint density at radius 2 is 2.19 bits per heavy atom. The Morgan fingerprint density at radius 1 is 1.50 bits per heavy atom. The van der Waals surface area contributed by atoms with Crippen molar-refractivity contribution in [2.75, 3.05) is 13.7 Å². The van der Waals surface area contributed by atoms with Gasteiger partial charge in [0.1, 0.15) is 5.82 Å². The van der Waals surface area contributed by atoms with Gasteiger partial charge in [0.25, 0.3) is 0 Å². The molecular formula is C11H21N3OS. The standard InChI is InChI=1S/C11H21N3OS/c1-5-6-10-12-13-11(16)14(10)9(7-15-4)8(2)3/h8-9H,5-7H2,1-4H3,(H,13,16). The van der Waals surface area contributed by atoms with Gasteiger partial charge in [0.2, 0.25) is 0 Å². The largest absolute Gasteiger partial charge is 0.383 e. The molecule has 0 aliphatic rings. The molecule has 1 heterocycles. The SMILES string of the molecule is CCCc1n[nH]c(=S)n1C(COC)C(C)C. The Labute approximate surface area is 102 Å². The topological polar surface area (TPSA) is 42.8 Å². The van der Waals surface area contributed by atoms with E-state index >= 15 is 0 Å². The predicted octanol–water partition coefficient (Wildman–Crippen LogP) is 2.74. The normalized spacial score (nSPS) is 13.3. The van der Waals surface area contributed by atoms with Crippen LogP contribution in [0.5, 0.6) is 0 Å². The van der Waals surface area contributed by atoms with Gasteiger partial charge in [-0.05, 0) is 24.6 Å². The van der Waals surface area contributed by atoms with Crippen molar-refractivity contribution < 1.29 is 4.74 Å². The van der Waals surface area contributed by atoms with Crippen molar-refractivity contribution in [1.29, 1.82) is 0 Å². The van der Waals surface area contributed by atoms with Gasteiger partial charge < -0.3 is 4.74 Å². The zero-order chi connectivity index (χ0) is 12.1. The predicted molar refractivity (Wildman–Crippen MR) is 67.2 cm³/mol. The van der Waals surface area contributed by atoms with Gasteiger partial charge in [-0.1, -0.05) is 20.8 Å². The molecule has 1 rings (SSSR count). The van der Waals surface area contributed by atoms with Crippen molar-refractivity contribution >= 4 is 12.2 Å². The number of hydrogen-bond donors (Lipinski definition) is 1. The minimum Gasteiger partial charge on any atom is -0.383 e. The maximum Gasteiger partial charge on any atom is 0.195 e. The maximum absolute atomic E-state index is 5.29. The van der Waals surface area contributed by atoms with Crippen LogP contribution in [-0.4, -0.2) is 28.5 Å². The molecule has 0 spiro atoms. The Kier molecular flexibility index (Phi) is 5.15. The van der Waals surface area contributed by atoms with Crippen LogP contribution >= 0.6 is 12.2 Å². The average molecular weight is 243 g/mol. The number of ether oxygens (including phenoxy) is 1. The van der Waals surface area contributed by atoms with Crippen LogP contribution in [0, 0.1) is 10.7 Å². The summed E-state index contributed by atoms with van der Waals surface area (Å²) < 4.78 is 8.07. The molecule has 0 saturated heterocycles. The molecule has 16 heavy (non-hydrogen) atoms. The molecule has 0 aliphatic heterocycles.